The monoisotopic (exact) mass is 563 g/mol. The highest BCUT2D eigenvalue weighted by Crippen LogP contribution is 2.26. The van der Waals surface area contributed by atoms with Gasteiger partial charge in [-0.15, -0.1) is 0 Å². The minimum atomic E-state index is -3.82. The number of aryl methyl sites for hydroxylation is 1. The number of halogens is 1. The first kappa shape index (κ1) is 29.8. The quantitative estimate of drug-likeness (QED) is 0.428. The lowest BCUT2D eigenvalue weighted by Gasteiger charge is -2.34. The topological polar surface area (TPSA) is 96.0 Å². The smallest absolute Gasteiger partial charge is 0.244 e. The van der Waals surface area contributed by atoms with Crippen LogP contribution >= 0.6 is 11.6 Å². The average molecular weight is 564 g/mol. The molecular formula is C28H38ClN3O5S. The van der Waals surface area contributed by atoms with Crippen molar-refractivity contribution in [3.63, 3.8) is 0 Å². The van der Waals surface area contributed by atoms with Crippen LogP contribution in [0.2, 0.25) is 5.02 Å². The third-order valence-corrected chi connectivity index (χ3v) is 8.52. The number of amides is 2. The summed E-state index contributed by atoms with van der Waals surface area (Å²) in [4.78, 5) is 28.8. The Kier molecular flexibility index (Phi) is 10.4. The van der Waals surface area contributed by atoms with Crippen LogP contribution in [0.1, 0.15) is 56.6 Å². The molecule has 2 aromatic rings. The van der Waals surface area contributed by atoms with Crippen molar-refractivity contribution in [1.29, 1.82) is 0 Å². The summed E-state index contributed by atoms with van der Waals surface area (Å²) in [5.41, 5.74) is 1.88. The van der Waals surface area contributed by atoms with Gasteiger partial charge in [0.05, 0.1) is 19.1 Å². The first-order valence-electron chi connectivity index (χ1n) is 13.0. The Hall–Kier alpha value is -2.78. The molecule has 1 N–H and O–H groups in total. The van der Waals surface area contributed by atoms with Gasteiger partial charge in [-0.05, 0) is 61.6 Å². The molecule has 2 amide bonds. The van der Waals surface area contributed by atoms with Crippen LogP contribution in [-0.4, -0.2) is 57.1 Å². The van der Waals surface area contributed by atoms with Crippen molar-refractivity contribution in [2.45, 2.75) is 71.0 Å². The number of carbonyl (C=O) groups is 2. The molecule has 0 bridgehead atoms. The SMILES string of the molecule is CC[C@@H](C(=O)NC1CCCCC1)N(Cc1ccc(OC)cc1)C(=O)CN(c1ccc(C)c(Cl)c1)S(C)(=O)=O. The number of sulfonamides is 1. The molecule has 1 saturated carbocycles. The zero-order valence-corrected chi connectivity index (χ0v) is 24.1. The number of nitrogens with one attached hydrogen (secondary N) is 1. The number of hydrogen-bond acceptors (Lipinski definition) is 5. The molecular weight excluding hydrogens is 526 g/mol. The lowest BCUT2D eigenvalue weighted by molar-refractivity contribution is -0.140. The van der Waals surface area contributed by atoms with Gasteiger partial charge in [0.2, 0.25) is 21.8 Å². The summed E-state index contributed by atoms with van der Waals surface area (Å²) >= 11 is 6.27. The molecule has 1 atom stereocenters. The minimum absolute atomic E-state index is 0.0884. The van der Waals surface area contributed by atoms with Crippen LogP contribution < -0.4 is 14.4 Å². The summed E-state index contributed by atoms with van der Waals surface area (Å²) in [5.74, 6) is -0.0210. The molecule has 0 saturated heterocycles. The van der Waals surface area contributed by atoms with E-state index in [0.717, 1.165) is 53.8 Å². The minimum Gasteiger partial charge on any atom is -0.497 e. The molecule has 0 heterocycles. The van der Waals surface area contributed by atoms with E-state index in [1.54, 1.807) is 31.4 Å². The van der Waals surface area contributed by atoms with Gasteiger partial charge in [0.1, 0.15) is 18.3 Å². The van der Waals surface area contributed by atoms with Crippen LogP contribution in [0.3, 0.4) is 0 Å². The van der Waals surface area contributed by atoms with Crippen LogP contribution in [-0.2, 0) is 26.2 Å². The highest BCUT2D eigenvalue weighted by atomic mass is 35.5. The standard InChI is InChI=1S/C28H38ClN3O5S/c1-5-26(28(34)30-22-9-7-6-8-10-22)31(18-21-12-15-24(37-3)16-13-21)27(33)19-32(38(4,35)36)23-14-11-20(2)25(29)17-23/h11-17,22,26H,5-10,18-19H2,1-4H3,(H,30,34)/t26-/m0/s1. The third kappa shape index (κ3) is 7.86. The van der Waals surface area contributed by atoms with Gasteiger partial charge in [0.25, 0.3) is 0 Å². The fourth-order valence-corrected chi connectivity index (χ4v) is 5.76. The molecule has 3 rings (SSSR count). The first-order chi connectivity index (χ1) is 18.0. The van der Waals surface area contributed by atoms with Gasteiger partial charge < -0.3 is 15.0 Å². The lowest BCUT2D eigenvalue weighted by Crippen LogP contribution is -2.53. The number of rotatable bonds is 11. The van der Waals surface area contributed by atoms with Crippen LogP contribution in [0.4, 0.5) is 5.69 Å². The van der Waals surface area contributed by atoms with Crippen molar-refractivity contribution in [2.75, 3.05) is 24.2 Å². The molecule has 2 aromatic carbocycles. The number of ether oxygens (including phenoxy) is 1. The maximum atomic E-state index is 13.8. The van der Waals surface area contributed by atoms with E-state index >= 15 is 0 Å². The van der Waals surface area contributed by atoms with Gasteiger partial charge in [-0.2, -0.15) is 0 Å². The molecule has 0 aromatic heterocycles. The second-order valence-electron chi connectivity index (χ2n) is 9.84. The normalized spacial score (nSPS) is 15.0. The van der Waals surface area contributed by atoms with E-state index < -0.39 is 28.5 Å². The molecule has 208 valence electrons. The van der Waals surface area contributed by atoms with Crippen molar-refractivity contribution in [3.05, 3.63) is 58.6 Å². The molecule has 0 unspecified atom stereocenters. The predicted octanol–water partition coefficient (Wildman–Crippen LogP) is 4.68. The number of benzene rings is 2. The van der Waals surface area contributed by atoms with Crippen molar-refractivity contribution >= 4 is 39.1 Å². The summed E-state index contributed by atoms with van der Waals surface area (Å²) in [5, 5.41) is 3.54. The summed E-state index contributed by atoms with van der Waals surface area (Å²) in [6.45, 7) is 3.36. The summed E-state index contributed by atoms with van der Waals surface area (Å²) in [6.07, 6.45) is 6.58. The Balaban J connectivity index is 1.92. The zero-order chi connectivity index (χ0) is 27.9. The van der Waals surface area contributed by atoms with Crippen LogP contribution in [0, 0.1) is 6.92 Å². The van der Waals surface area contributed by atoms with Crippen molar-refractivity contribution in [1.82, 2.24) is 10.2 Å². The van der Waals surface area contributed by atoms with E-state index in [1.807, 2.05) is 26.0 Å². The van der Waals surface area contributed by atoms with Gasteiger partial charge in [-0.3, -0.25) is 13.9 Å². The fourth-order valence-electron chi connectivity index (χ4n) is 4.74. The molecule has 0 radical (unpaired) electrons. The number of nitrogens with zero attached hydrogens (tertiary/aromatic N) is 2. The van der Waals surface area contributed by atoms with Gasteiger partial charge in [-0.25, -0.2) is 8.42 Å². The number of hydrogen-bond donors (Lipinski definition) is 1. The van der Waals surface area contributed by atoms with Gasteiger partial charge in [0.15, 0.2) is 0 Å². The largest absolute Gasteiger partial charge is 0.497 e. The van der Waals surface area contributed by atoms with Gasteiger partial charge in [0, 0.05) is 17.6 Å². The van der Waals surface area contributed by atoms with E-state index in [4.69, 9.17) is 16.3 Å². The van der Waals surface area contributed by atoms with E-state index in [0.29, 0.717) is 22.9 Å². The zero-order valence-electron chi connectivity index (χ0n) is 22.6. The average Bonchev–Trinajstić information content (AvgIpc) is 2.89. The Bertz CT molecular complexity index is 1210. The van der Waals surface area contributed by atoms with Crippen molar-refractivity contribution in [3.8, 4) is 5.75 Å². The number of methoxy groups -OCH3 is 1. The van der Waals surface area contributed by atoms with E-state index in [2.05, 4.69) is 5.32 Å². The van der Waals surface area contributed by atoms with Gasteiger partial charge >= 0.3 is 0 Å². The number of carbonyl (C=O) groups excluding carboxylic acids is 2. The molecule has 0 spiro atoms. The molecule has 1 fully saturated rings. The number of anilines is 1. The molecule has 8 nitrogen and oxygen atoms in total. The molecule has 1 aliphatic rings. The second kappa shape index (κ2) is 13.3. The summed E-state index contributed by atoms with van der Waals surface area (Å²) in [6, 6.07) is 11.4. The molecule has 1 aliphatic carbocycles. The Morgan fingerprint density at radius 1 is 1.11 bits per heavy atom. The molecule has 38 heavy (non-hydrogen) atoms. The maximum absolute atomic E-state index is 13.8. The van der Waals surface area contributed by atoms with E-state index in [1.165, 1.54) is 11.0 Å². The van der Waals surface area contributed by atoms with Crippen molar-refractivity contribution < 1.29 is 22.7 Å². The maximum Gasteiger partial charge on any atom is 0.244 e. The van der Waals surface area contributed by atoms with Crippen molar-refractivity contribution in [2.24, 2.45) is 0 Å². The first-order valence-corrected chi connectivity index (χ1v) is 15.2. The fraction of sp³-hybridized carbons (Fsp3) is 0.500. The van der Waals surface area contributed by atoms with Crippen LogP contribution in [0.15, 0.2) is 42.5 Å². The Labute approximate surface area is 231 Å². The highest BCUT2D eigenvalue weighted by Gasteiger charge is 2.33. The third-order valence-electron chi connectivity index (χ3n) is 6.97. The van der Waals surface area contributed by atoms with Crippen LogP contribution in [0.25, 0.3) is 0 Å². The van der Waals surface area contributed by atoms with Crippen LogP contribution in [0.5, 0.6) is 5.75 Å². The van der Waals surface area contributed by atoms with E-state index in [-0.39, 0.29) is 18.5 Å². The predicted molar refractivity (Wildman–Crippen MR) is 151 cm³/mol. The highest BCUT2D eigenvalue weighted by molar-refractivity contribution is 7.92. The lowest BCUT2D eigenvalue weighted by atomic mass is 9.95. The van der Waals surface area contributed by atoms with Gasteiger partial charge in [-0.1, -0.05) is 56.0 Å². The van der Waals surface area contributed by atoms with E-state index in [9.17, 15) is 18.0 Å². The summed E-state index contributed by atoms with van der Waals surface area (Å²) < 4.78 is 31.8. The molecule has 10 heteroatoms. The Morgan fingerprint density at radius 3 is 2.32 bits per heavy atom. The second-order valence-corrected chi connectivity index (χ2v) is 12.2. The molecule has 0 aliphatic heterocycles. The Morgan fingerprint density at radius 2 is 1.76 bits per heavy atom. The summed E-state index contributed by atoms with van der Waals surface area (Å²) in [7, 11) is -2.25.